The molecule has 1 aromatic heterocycles. The van der Waals surface area contributed by atoms with Gasteiger partial charge < -0.3 is 5.11 Å². The predicted molar refractivity (Wildman–Crippen MR) is 82.4 cm³/mol. The van der Waals surface area contributed by atoms with Gasteiger partial charge in [-0.05, 0) is 31.7 Å². The number of aryl methyl sites for hydroxylation is 1. The van der Waals surface area contributed by atoms with Crippen molar-refractivity contribution < 1.29 is 18.3 Å². The Balaban J connectivity index is 2.23. The highest BCUT2D eigenvalue weighted by Gasteiger charge is 2.28. The summed E-state index contributed by atoms with van der Waals surface area (Å²) in [6.07, 6.45) is 5.18. The van der Waals surface area contributed by atoms with Gasteiger partial charge in [0.1, 0.15) is 4.88 Å². The summed E-state index contributed by atoms with van der Waals surface area (Å²) >= 11 is 0.998. The summed E-state index contributed by atoms with van der Waals surface area (Å²) in [5, 5.41) is 8.98. The van der Waals surface area contributed by atoms with E-state index in [2.05, 4.69) is 11.6 Å². The lowest BCUT2D eigenvalue weighted by atomic mass is 9.98. The van der Waals surface area contributed by atoms with Crippen LogP contribution in [0.15, 0.2) is 11.0 Å². The molecule has 1 heterocycles. The molecule has 2 rings (SSSR count). The maximum atomic E-state index is 12.5. The average molecular weight is 331 g/mol. The molecule has 0 aliphatic heterocycles. The topological polar surface area (TPSA) is 83.5 Å². The Morgan fingerprint density at radius 2 is 2.00 bits per heavy atom. The molecule has 0 saturated heterocycles. The van der Waals surface area contributed by atoms with Gasteiger partial charge in [-0.2, -0.15) is 0 Å². The zero-order valence-electron chi connectivity index (χ0n) is 12.3. The Hall–Kier alpha value is -0.920. The van der Waals surface area contributed by atoms with Crippen molar-refractivity contribution in [3.8, 4) is 0 Å². The smallest absolute Gasteiger partial charge is 0.345 e. The highest BCUT2D eigenvalue weighted by Crippen LogP contribution is 2.28. The van der Waals surface area contributed by atoms with Crippen LogP contribution in [-0.2, 0) is 10.0 Å². The van der Waals surface area contributed by atoms with E-state index in [0.29, 0.717) is 10.8 Å². The number of sulfonamides is 1. The van der Waals surface area contributed by atoms with Crippen LogP contribution in [-0.4, -0.2) is 25.5 Å². The first-order chi connectivity index (χ1) is 9.81. The molecule has 1 aliphatic rings. The zero-order chi connectivity index (χ0) is 15.6. The lowest BCUT2D eigenvalue weighted by Crippen LogP contribution is -2.38. The molecule has 21 heavy (non-hydrogen) atoms. The molecule has 7 heteroatoms. The Labute approximate surface area is 129 Å². The van der Waals surface area contributed by atoms with Crippen LogP contribution < -0.4 is 4.72 Å². The van der Waals surface area contributed by atoms with Gasteiger partial charge in [0.2, 0.25) is 10.0 Å². The number of aromatic carboxylic acids is 1. The van der Waals surface area contributed by atoms with Gasteiger partial charge >= 0.3 is 5.97 Å². The van der Waals surface area contributed by atoms with Crippen molar-refractivity contribution in [3.63, 3.8) is 0 Å². The molecule has 0 aromatic carbocycles. The van der Waals surface area contributed by atoms with E-state index in [9.17, 15) is 13.2 Å². The fourth-order valence-corrected chi connectivity index (χ4v) is 5.58. The Morgan fingerprint density at radius 1 is 1.33 bits per heavy atom. The van der Waals surface area contributed by atoms with Crippen LogP contribution in [0.2, 0.25) is 0 Å². The van der Waals surface area contributed by atoms with Gasteiger partial charge in [0.05, 0.1) is 4.90 Å². The standard InChI is InChI=1S/C14H21NO4S2/c1-9-6-4-3-5-7-11(9)15-21(18,19)13-8-12(14(16)17)20-10(13)2/h8-9,11,15H,3-7H2,1-2H3,(H,16,17). The van der Waals surface area contributed by atoms with Crippen LogP contribution in [0.4, 0.5) is 0 Å². The minimum atomic E-state index is -3.66. The van der Waals surface area contributed by atoms with Gasteiger partial charge in [-0.1, -0.05) is 26.2 Å². The van der Waals surface area contributed by atoms with E-state index in [1.165, 1.54) is 6.07 Å². The summed E-state index contributed by atoms with van der Waals surface area (Å²) in [4.78, 5) is 11.6. The van der Waals surface area contributed by atoms with Crippen LogP contribution in [0, 0.1) is 12.8 Å². The van der Waals surface area contributed by atoms with Crippen LogP contribution in [0.5, 0.6) is 0 Å². The van der Waals surface area contributed by atoms with Gasteiger partial charge in [-0.15, -0.1) is 11.3 Å². The first-order valence-electron chi connectivity index (χ1n) is 7.17. The third-order valence-corrected chi connectivity index (χ3v) is 6.82. The van der Waals surface area contributed by atoms with Crippen LogP contribution in [0.1, 0.15) is 53.6 Å². The zero-order valence-corrected chi connectivity index (χ0v) is 13.9. The van der Waals surface area contributed by atoms with E-state index in [0.717, 1.165) is 43.4 Å². The largest absolute Gasteiger partial charge is 0.477 e. The van der Waals surface area contributed by atoms with Crippen molar-refractivity contribution in [3.05, 3.63) is 15.8 Å². The van der Waals surface area contributed by atoms with Crippen LogP contribution >= 0.6 is 11.3 Å². The van der Waals surface area contributed by atoms with Gasteiger partial charge in [-0.25, -0.2) is 17.9 Å². The van der Waals surface area contributed by atoms with E-state index < -0.39 is 16.0 Å². The summed E-state index contributed by atoms with van der Waals surface area (Å²) in [6, 6.07) is 1.19. The molecular formula is C14H21NO4S2. The molecule has 0 radical (unpaired) electrons. The normalized spacial score (nSPS) is 23.7. The number of carboxylic acids is 1. The molecule has 2 unspecified atom stereocenters. The quantitative estimate of drug-likeness (QED) is 0.831. The third kappa shape index (κ3) is 3.84. The second-order valence-electron chi connectivity index (χ2n) is 5.68. The van der Waals surface area contributed by atoms with Crippen molar-refractivity contribution in [1.82, 2.24) is 4.72 Å². The average Bonchev–Trinajstić information content (AvgIpc) is 2.69. The first kappa shape index (κ1) is 16.5. The Morgan fingerprint density at radius 3 is 2.62 bits per heavy atom. The number of nitrogens with one attached hydrogen (secondary N) is 1. The third-order valence-electron chi connectivity index (χ3n) is 4.04. The lowest BCUT2D eigenvalue weighted by Gasteiger charge is -2.22. The Bertz CT molecular complexity index is 621. The molecule has 0 spiro atoms. The lowest BCUT2D eigenvalue weighted by molar-refractivity contribution is 0.0702. The summed E-state index contributed by atoms with van der Waals surface area (Å²) in [5.41, 5.74) is 0. The summed E-state index contributed by atoms with van der Waals surface area (Å²) in [6.45, 7) is 3.71. The predicted octanol–water partition coefficient (Wildman–Crippen LogP) is 3.00. The highest BCUT2D eigenvalue weighted by atomic mass is 32.2. The minimum absolute atomic E-state index is 0.0572. The molecule has 1 aromatic rings. The fraction of sp³-hybridized carbons (Fsp3) is 0.643. The highest BCUT2D eigenvalue weighted by molar-refractivity contribution is 7.89. The minimum Gasteiger partial charge on any atom is -0.477 e. The van der Waals surface area contributed by atoms with Crippen molar-refractivity contribution in [2.45, 2.75) is 56.9 Å². The number of carbonyl (C=O) groups is 1. The molecule has 1 fully saturated rings. The number of rotatable bonds is 4. The molecule has 2 atom stereocenters. The molecule has 1 saturated carbocycles. The maximum Gasteiger partial charge on any atom is 0.345 e. The first-order valence-corrected chi connectivity index (χ1v) is 9.47. The summed E-state index contributed by atoms with van der Waals surface area (Å²) in [5.74, 6) is -0.785. The van der Waals surface area contributed by atoms with Gasteiger partial charge in [0.25, 0.3) is 0 Å². The SMILES string of the molecule is Cc1sc(C(=O)O)cc1S(=O)(=O)NC1CCCCCC1C. The van der Waals surface area contributed by atoms with E-state index in [-0.39, 0.29) is 15.8 Å². The molecule has 118 valence electrons. The van der Waals surface area contributed by atoms with Crippen molar-refractivity contribution in [2.24, 2.45) is 5.92 Å². The molecule has 0 bridgehead atoms. The van der Waals surface area contributed by atoms with Crippen LogP contribution in [0.25, 0.3) is 0 Å². The van der Waals surface area contributed by atoms with Gasteiger partial charge in [-0.3, -0.25) is 0 Å². The fourth-order valence-electron chi connectivity index (χ4n) is 2.77. The molecule has 1 aliphatic carbocycles. The Kier molecular flexibility index (Phi) is 5.06. The van der Waals surface area contributed by atoms with E-state index in [1.807, 2.05) is 0 Å². The summed E-state index contributed by atoms with van der Waals surface area (Å²) in [7, 11) is -3.66. The number of hydrogen-bond donors (Lipinski definition) is 2. The van der Waals surface area contributed by atoms with E-state index >= 15 is 0 Å². The molecule has 5 nitrogen and oxygen atoms in total. The number of hydrogen-bond acceptors (Lipinski definition) is 4. The molecule has 2 N–H and O–H groups in total. The van der Waals surface area contributed by atoms with Crippen molar-refractivity contribution in [1.29, 1.82) is 0 Å². The number of carboxylic acid groups (broad SMARTS) is 1. The van der Waals surface area contributed by atoms with Crippen LogP contribution in [0.3, 0.4) is 0 Å². The van der Waals surface area contributed by atoms with Gasteiger partial charge in [0, 0.05) is 10.9 Å². The van der Waals surface area contributed by atoms with Gasteiger partial charge in [0.15, 0.2) is 0 Å². The molecular weight excluding hydrogens is 310 g/mol. The van der Waals surface area contributed by atoms with E-state index in [1.54, 1.807) is 6.92 Å². The van der Waals surface area contributed by atoms with E-state index in [4.69, 9.17) is 5.11 Å². The second kappa shape index (κ2) is 6.46. The monoisotopic (exact) mass is 331 g/mol. The van der Waals surface area contributed by atoms with Crippen molar-refractivity contribution in [2.75, 3.05) is 0 Å². The molecule has 0 amide bonds. The number of thiophene rings is 1. The summed E-state index contributed by atoms with van der Waals surface area (Å²) < 4.78 is 27.8. The second-order valence-corrected chi connectivity index (χ2v) is 8.62. The van der Waals surface area contributed by atoms with Crippen molar-refractivity contribution >= 4 is 27.3 Å². The maximum absolute atomic E-state index is 12.5.